The van der Waals surface area contributed by atoms with Crippen LogP contribution in [0.4, 0.5) is 0 Å². The maximum Gasteiger partial charge on any atom is 0.0835 e. The lowest BCUT2D eigenvalue weighted by atomic mass is 13.7. The maximum absolute atomic E-state index is 8.32. The third kappa shape index (κ3) is 93.7. The SMILES string of the molecule is Cl.O=NCl. The first-order chi connectivity index (χ1) is 1.41. The van der Waals surface area contributed by atoms with Crippen molar-refractivity contribution in [2.45, 2.75) is 0 Å². The minimum Gasteiger partial charge on any atom is -0.147 e. The predicted octanol–water partition coefficient (Wildman–Crippen LogP) is 1.33. The first-order valence-electron chi connectivity index (χ1n) is 0.352. The van der Waals surface area contributed by atoms with Gasteiger partial charge in [-0.2, -0.15) is 0 Å². The highest BCUT2D eigenvalue weighted by molar-refractivity contribution is 6.14. The zero-order valence-corrected chi connectivity index (χ0v) is 3.21. The van der Waals surface area contributed by atoms with Gasteiger partial charge in [-0.3, -0.25) is 0 Å². The first-order valence-corrected chi connectivity index (χ1v) is 0.690. The van der Waals surface area contributed by atoms with Crippen LogP contribution in [0, 0.1) is 4.91 Å². The third-order valence-corrected chi connectivity index (χ3v) is 0. The van der Waals surface area contributed by atoms with E-state index < -0.39 is 0 Å². The van der Waals surface area contributed by atoms with Crippen LogP contribution in [0.3, 0.4) is 0 Å². The van der Waals surface area contributed by atoms with Gasteiger partial charge in [-0.1, -0.05) is 0 Å². The van der Waals surface area contributed by atoms with Gasteiger partial charge < -0.3 is 0 Å². The van der Waals surface area contributed by atoms with Gasteiger partial charge in [-0.15, -0.1) is 17.3 Å². The lowest BCUT2D eigenvalue weighted by Gasteiger charge is -1.20. The molecule has 0 aromatic heterocycles. The number of halogens is 2. The molecule has 0 aromatic carbocycles. The molecule has 0 rings (SSSR count). The Morgan fingerprint density at radius 3 is 1.75 bits per heavy atom. The highest BCUT2D eigenvalue weighted by atomic mass is 35.5. The summed E-state index contributed by atoms with van der Waals surface area (Å²) in [6, 6.07) is 0. The number of hydrogen-bond acceptors (Lipinski definition) is 2. The summed E-state index contributed by atoms with van der Waals surface area (Å²) in [5.41, 5.74) is 0. The number of nitrogens with zero attached hydrogens (tertiary/aromatic N) is 1. The molecule has 0 aliphatic carbocycles. The van der Waals surface area contributed by atoms with Crippen molar-refractivity contribution in [1.29, 1.82) is 0 Å². The summed E-state index contributed by atoms with van der Waals surface area (Å²) in [4.78, 5) is 8.32. The zero-order chi connectivity index (χ0) is 2.71. The molecule has 0 aromatic rings. The Hall–Kier alpha value is 0.180. The van der Waals surface area contributed by atoms with Gasteiger partial charge in [0.2, 0.25) is 0 Å². The summed E-state index contributed by atoms with van der Waals surface area (Å²) in [5.74, 6) is 0. The lowest BCUT2D eigenvalue weighted by molar-refractivity contribution is 1.85. The molecule has 0 radical (unpaired) electrons. The zero-order valence-electron chi connectivity index (χ0n) is 1.64. The van der Waals surface area contributed by atoms with Gasteiger partial charge in [-0.05, 0) is 0 Å². The smallest absolute Gasteiger partial charge is 0.0835 e. The Balaban J connectivity index is 0. The fraction of sp³-hybridized carbons (Fsp3) is 0. The first kappa shape index (κ1) is 8.89. The van der Waals surface area contributed by atoms with E-state index in [2.05, 4.69) is 11.8 Å². The van der Waals surface area contributed by atoms with E-state index in [0.717, 1.165) is 0 Å². The fourth-order valence-corrected chi connectivity index (χ4v) is 0. The molecule has 4 heavy (non-hydrogen) atoms. The van der Waals surface area contributed by atoms with E-state index in [1.54, 1.807) is 4.70 Å². The minimum atomic E-state index is 0. The van der Waals surface area contributed by atoms with E-state index in [1.165, 1.54) is 0 Å². The molecule has 0 aliphatic rings. The molecule has 0 aliphatic heterocycles. The van der Waals surface area contributed by atoms with E-state index in [0.29, 0.717) is 0 Å². The van der Waals surface area contributed by atoms with Crippen molar-refractivity contribution < 1.29 is 0 Å². The normalized spacial score (nSPS) is 3.25. The number of hydrogen-bond donors (Lipinski definition) is 0. The van der Waals surface area contributed by atoms with Crippen LogP contribution in [0.15, 0.2) is 4.70 Å². The molecule has 4 heteroatoms. The van der Waals surface area contributed by atoms with Gasteiger partial charge >= 0.3 is 0 Å². The lowest BCUT2D eigenvalue weighted by Crippen LogP contribution is -0.941. The Morgan fingerprint density at radius 1 is 1.75 bits per heavy atom. The molecule has 0 saturated heterocycles. The standard InChI is InChI=1S/ClNO.ClH/c1-2-3;/h;1H. The van der Waals surface area contributed by atoms with E-state index >= 15 is 0 Å². The molecule has 0 unspecified atom stereocenters. The van der Waals surface area contributed by atoms with E-state index in [9.17, 15) is 0 Å². The average molecular weight is 102 g/mol. The number of rotatable bonds is 0. The number of nitroso groups, excluding NO2 is 1. The molecular formula is HCl2NO. The second-order valence-corrected chi connectivity index (χ2v) is 0.207. The molecule has 0 saturated carbocycles. The van der Waals surface area contributed by atoms with E-state index in [4.69, 9.17) is 4.91 Å². The molecule has 0 bridgehead atoms. The van der Waals surface area contributed by atoms with Crippen molar-refractivity contribution in [2.75, 3.05) is 0 Å². The Labute approximate surface area is 34.6 Å². The van der Waals surface area contributed by atoms with Crippen molar-refractivity contribution in [2.24, 2.45) is 4.70 Å². The van der Waals surface area contributed by atoms with Crippen molar-refractivity contribution in [3.05, 3.63) is 4.91 Å². The summed E-state index contributed by atoms with van der Waals surface area (Å²) in [6.07, 6.45) is 0. The van der Waals surface area contributed by atoms with Crippen molar-refractivity contribution in [3.8, 4) is 0 Å². The van der Waals surface area contributed by atoms with E-state index in [-0.39, 0.29) is 12.4 Å². The Morgan fingerprint density at radius 2 is 1.75 bits per heavy atom. The molecular weight excluding hydrogens is 101 g/mol. The molecule has 0 amide bonds. The molecule has 0 heterocycles. The van der Waals surface area contributed by atoms with Gasteiger partial charge in [0.05, 0.1) is 11.8 Å². The third-order valence-electron chi connectivity index (χ3n) is 0. The second kappa shape index (κ2) is 10.9. The molecule has 2 nitrogen and oxygen atoms in total. The van der Waals surface area contributed by atoms with Crippen LogP contribution in [0.5, 0.6) is 0 Å². The quantitative estimate of drug-likeness (QED) is 0.424. The summed E-state index contributed by atoms with van der Waals surface area (Å²) in [7, 11) is 0. The van der Waals surface area contributed by atoms with Crippen LogP contribution < -0.4 is 0 Å². The highest BCUT2D eigenvalue weighted by Crippen LogP contribution is 1.60. The average Bonchev–Trinajstić information content (AvgIpc) is 0.918. The monoisotopic (exact) mass is 101 g/mol. The molecule has 0 spiro atoms. The van der Waals surface area contributed by atoms with Gasteiger partial charge in [-0.25, -0.2) is 0 Å². The van der Waals surface area contributed by atoms with E-state index in [1.807, 2.05) is 0 Å². The van der Waals surface area contributed by atoms with Crippen LogP contribution in [0.25, 0.3) is 0 Å². The summed E-state index contributed by atoms with van der Waals surface area (Å²) < 4.78 is 1.72. The molecule has 0 atom stereocenters. The molecule has 26 valence electrons. The Kier molecular flexibility index (Phi) is 24.1. The van der Waals surface area contributed by atoms with Crippen LogP contribution in [-0.4, -0.2) is 0 Å². The van der Waals surface area contributed by atoms with Gasteiger partial charge in [0, 0.05) is 4.70 Å². The topological polar surface area (TPSA) is 29.4 Å². The molecule has 0 fully saturated rings. The summed E-state index contributed by atoms with van der Waals surface area (Å²) in [6.45, 7) is 0. The van der Waals surface area contributed by atoms with Crippen molar-refractivity contribution in [3.63, 3.8) is 0 Å². The second-order valence-electron chi connectivity index (χ2n) is 0.0690. The van der Waals surface area contributed by atoms with Gasteiger partial charge in [0.15, 0.2) is 0 Å². The minimum absolute atomic E-state index is 0. The highest BCUT2D eigenvalue weighted by Gasteiger charge is 1.26. The largest absolute Gasteiger partial charge is 0.147 e. The molecule has 0 N–H and O–H groups in total. The van der Waals surface area contributed by atoms with Crippen LogP contribution >= 0.6 is 24.2 Å². The van der Waals surface area contributed by atoms with Gasteiger partial charge in [0.25, 0.3) is 0 Å². The predicted molar refractivity (Wildman–Crippen MR) is 18.9 cm³/mol. The summed E-state index contributed by atoms with van der Waals surface area (Å²) >= 11 is 4.07. The van der Waals surface area contributed by atoms with Gasteiger partial charge in [0.1, 0.15) is 0 Å². The van der Waals surface area contributed by atoms with Crippen LogP contribution in [-0.2, 0) is 0 Å². The van der Waals surface area contributed by atoms with Crippen molar-refractivity contribution in [1.82, 2.24) is 0 Å². The summed E-state index contributed by atoms with van der Waals surface area (Å²) in [5, 5.41) is 0. The Bertz CT molecular complexity index is 13.5. The van der Waals surface area contributed by atoms with Crippen LogP contribution in [0.2, 0.25) is 0 Å². The van der Waals surface area contributed by atoms with Crippen LogP contribution in [0.1, 0.15) is 0 Å². The van der Waals surface area contributed by atoms with Crippen molar-refractivity contribution >= 4 is 24.2 Å². The maximum atomic E-state index is 8.32. The fourth-order valence-electron chi connectivity index (χ4n) is 0.